The van der Waals surface area contributed by atoms with E-state index in [1.54, 1.807) is 24.2 Å². The first-order chi connectivity index (χ1) is 13.2. The van der Waals surface area contributed by atoms with Crippen LogP contribution in [0.3, 0.4) is 0 Å². The van der Waals surface area contributed by atoms with Crippen LogP contribution >= 0.6 is 23.5 Å². The summed E-state index contributed by atoms with van der Waals surface area (Å²) in [6.45, 7) is 7.01. The van der Waals surface area contributed by atoms with Crippen LogP contribution in [0.4, 0.5) is 0 Å². The van der Waals surface area contributed by atoms with Gasteiger partial charge in [0.25, 0.3) is 0 Å². The fraction of sp³-hybridized carbons (Fsp3) is 0.421. The van der Waals surface area contributed by atoms with Crippen molar-refractivity contribution in [3.8, 4) is 0 Å². The lowest BCUT2D eigenvalue weighted by atomic mass is 10.2. The van der Waals surface area contributed by atoms with Crippen LogP contribution in [-0.4, -0.2) is 65.9 Å². The minimum atomic E-state index is 0.0192. The number of aromatic nitrogens is 2. The summed E-state index contributed by atoms with van der Waals surface area (Å²) in [7, 11) is 0. The third kappa shape index (κ3) is 6.49. The lowest BCUT2D eigenvalue weighted by molar-refractivity contribution is -0.118. The SMILES string of the molecule is Cc1ccccc1Sc1nccnc1SCC(=O)NCCN1CCOCC1. The van der Waals surface area contributed by atoms with E-state index in [4.69, 9.17) is 4.74 Å². The first kappa shape index (κ1) is 20.1. The van der Waals surface area contributed by atoms with Crippen molar-refractivity contribution >= 4 is 29.4 Å². The van der Waals surface area contributed by atoms with Crippen molar-refractivity contribution in [1.29, 1.82) is 0 Å². The van der Waals surface area contributed by atoms with E-state index in [-0.39, 0.29) is 5.91 Å². The van der Waals surface area contributed by atoms with Crippen LogP contribution in [0.5, 0.6) is 0 Å². The molecule has 1 saturated heterocycles. The first-order valence-corrected chi connectivity index (χ1v) is 10.8. The zero-order chi connectivity index (χ0) is 18.9. The standard InChI is InChI=1S/C19H24N4O2S2/c1-15-4-2-3-5-16(15)27-19-18(21-6-7-22-19)26-14-17(24)20-8-9-23-10-12-25-13-11-23/h2-7H,8-14H2,1H3,(H,20,24). The van der Waals surface area contributed by atoms with E-state index in [0.717, 1.165) is 47.8 Å². The number of ether oxygens (including phenoxy) is 1. The monoisotopic (exact) mass is 404 g/mol. The van der Waals surface area contributed by atoms with Gasteiger partial charge in [0.15, 0.2) is 0 Å². The number of carbonyl (C=O) groups is 1. The van der Waals surface area contributed by atoms with Crippen molar-refractivity contribution < 1.29 is 9.53 Å². The fourth-order valence-corrected chi connectivity index (χ4v) is 4.44. The molecule has 3 rings (SSSR count). The highest BCUT2D eigenvalue weighted by Gasteiger charge is 2.13. The van der Waals surface area contributed by atoms with Gasteiger partial charge >= 0.3 is 0 Å². The number of hydrogen-bond donors (Lipinski definition) is 1. The minimum absolute atomic E-state index is 0.0192. The molecule has 0 radical (unpaired) electrons. The second-order valence-corrected chi connectivity index (χ2v) is 8.12. The van der Waals surface area contributed by atoms with E-state index in [0.29, 0.717) is 12.3 Å². The minimum Gasteiger partial charge on any atom is -0.379 e. The van der Waals surface area contributed by atoms with Gasteiger partial charge in [-0.05, 0) is 18.6 Å². The summed E-state index contributed by atoms with van der Waals surface area (Å²) in [6, 6.07) is 8.18. The van der Waals surface area contributed by atoms with Gasteiger partial charge in [0.05, 0.1) is 19.0 Å². The van der Waals surface area contributed by atoms with Crippen molar-refractivity contribution in [1.82, 2.24) is 20.2 Å². The number of thioether (sulfide) groups is 1. The van der Waals surface area contributed by atoms with Crippen LogP contribution in [0, 0.1) is 6.92 Å². The molecule has 1 fully saturated rings. The van der Waals surface area contributed by atoms with Crippen LogP contribution < -0.4 is 5.32 Å². The summed E-state index contributed by atoms with van der Waals surface area (Å²) in [5, 5.41) is 4.60. The number of carbonyl (C=O) groups excluding carboxylic acids is 1. The molecule has 1 aromatic heterocycles. The van der Waals surface area contributed by atoms with Crippen LogP contribution in [0.15, 0.2) is 51.6 Å². The molecule has 0 saturated carbocycles. The Hall–Kier alpha value is -1.61. The molecule has 0 spiro atoms. The van der Waals surface area contributed by atoms with Gasteiger partial charge in [0.1, 0.15) is 10.1 Å². The van der Waals surface area contributed by atoms with Gasteiger partial charge in [0, 0.05) is 43.5 Å². The smallest absolute Gasteiger partial charge is 0.230 e. The highest BCUT2D eigenvalue weighted by atomic mass is 32.2. The lowest BCUT2D eigenvalue weighted by Gasteiger charge is -2.26. The van der Waals surface area contributed by atoms with Gasteiger partial charge in [0.2, 0.25) is 5.91 Å². The molecule has 144 valence electrons. The number of benzene rings is 1. The number of hydrogen-bond acceptors (Lipinski definition) is 7. The molecular formula is C19H24N4O2S2. The summed E-state index contributed by atoms with van der Waals surface area (Å²) < 4.78 is 5.33. The van der Waals surface area contributed by atoms with Gasteiger partial charge in [-0.2, -0.15) is 0 Å². The van der Waals surface area contributed by atoms with Crippen molar-refractivity contribution in [2.75, 3.05) is 45.1 Å². The summed E-state index contributed by atoms with van der Waals surface area (Å²) in [4.78, 5) is 24.5. The Morgan fingerprint density at radius 3 is 2.70 bits per heavy atom. The summed E-state index contributed by atoms with van der Waals surface area (Å²) in [5.41, 5.74) is 1.20. The van der Waals surface area contributed by atoms with E-state index in [2.05, 4.69) is 39.2 Å². The van der Waals surface area contributed by atoms with E-state index in [9.17, 15) is 4.79 Å². The third-order valence-corrected chi connectivity index (χ3v) is 6.41. The average molecular weight is 405 g/mol. The maximum Gasteiger partial charge on any atom is 0.230 e. The molecule has 1 amide bonds. The molecular weight excluding hydrogens is 380 g/mol. The molecule has 27 heavy (non-hydrogen) atoms. The Bertz CT molecular complexity index is 754. The maximum absolute atomic E-state index is 12.2. The molecule has 0 aliphatic carbocycles. The molecule has 2 heterocycles. The summed E-state index contributed by atoms with van der Waals surface area (Å²) in [6.07, 6.45) is 3.35. The molecule has 1 aliphatic heterocycles. The Morgan fingerprint density at radius 2 is 1.93 bits per heavy atom. The zero-order valence-electron chi connectivity index (χ0n) is 15.4. The number of aryl methyl sites for hydroxylation is 1. The largest absolute Gasteiger partial charge is 0.379 e. The van der Waals surface area contributed by atoms with Crippen LogP contribution in [0.2, 0.25) is 0 Å². The average Bonchev–Trinajstić information content (AvgIpc) is 2.70. The molecule has 0 unspecified atom stereocenters. The van der Waals surface area contributed by atoms with E-state index in [1.165, 1.54) is 17.3 Å². The van der Waals surface area contributed by atoms with Crippen molar-refractivity contribution in [2.45, 2.75) is 21.9 Å². The predicted octanol–water partition coefficient (Wildman–Crippen LogP) is 2.48. The molecule has 0 bridgehead atoms. The second-order valence-electron chi connectivity index (χ2n) is 6.13. The van der Waals surface area contributed by atoms with Crippen LogP contribution in [-0.2, 0) is 9.53 Å². The van der Waals surface area contributed by atoms with Crippen molar-refractivity contribution in [3.63, 3.8) is 0 Å². The van der Waals surface area contributed by atoms with E-state index in [1.807, 2.05) is 12.1 Å². The Kier molecular flexibility index (Phi) is 7.94. The van der Waals surface area contributed by atoms with Crippen molar-refractivity contribution in [3.05, 3.63) is 42.2 Å². The van der Waals surface area contributed by atoms with E-state index >= 15 is 0 Å². The Balaban J connectivity index is 1.47. The molecule has 1 aromatic carbocycles. The van der Waals surface area contributed by atoms with Crippen LogP contribution in [0.1, 0.15) is 5.56 Å². The zero-order valence-corrected chi connectivity index (χ0v) is 17.0. The summed E-state index contributed by atoms with van der Waals surface area (Å²) >= 11 is 3.01. The third-order valence-electron chi connectivity index (χ3n) is 4.13. The highest BCUT2D eigenvalue weighted by Crippen LogP contribution is 2.33. The molecule has 1 N–H and O–H groups in total. The fourth-order valence-electron chi connectivity index (χ4n) is 2.62. The van der Waals surface area contributed by atoms with Crippen LogP contribution in [0.25, 0.3) is 0 Å². The number of nitrogens with one attached hydrogen (secondary N) is 1. The van der Waals surface area contributed by atoms with Gasteiger partial charge in [-0.25, -0.2) is 9.97 Å². The van der Waals surface area contributed by atoms with Crippen molar-refractivity contribution in [2.24, 2.45) is 0 Å². The summed E-state index contributed by atoms with van der Waals surface area (Å²) in [5.74, 6) is 0.356. The molecule has 0 atom stereocenters. The van der Waals surface area contributed by atoms with Gasteiger partial charge < -0.3 is 10.1 Å². The van der Waals surface area contributed by atoms with E-state index < -0.39 is 0 Å². The van der Waals surface area contributed by atoms with Gasteiger partial charge in [-0.3, -0.25) is 9.69 Å². The topological polar surface area (TPSA) is 67.4 Å². The highest BCUT2D eigenvalue weighted by molar-refractivity contribution is 8.02. The molecule has 2 aromatic rings. The number of rotatable bonds is 8. The Labute approximate surface area is 168 Å². The lowest BCUT2D eigenvalue weighted by Crippen LogP contribution is -2.41. The second kappa shape index (κ2) is 10.7. The first-order valence-electron chi connectivity index (χ1n) is 8.96. The predicted molar refractivity (Wildman–Crippen MR) is 108 cm³/mol. The number of nitrogens with zero attached hydrogens (tertiary/aromatic N) is 3. The quantitative estimate of drug-likeness (QED) is 0.678. The normalized spacial score (nSPS) is 14.9. The number of morpholine rings is 1. The van der Waals surface area contributed by atoms with Gasteiger partial charge in [-0.1, -0.05) is 41.7 Å². The molecule has 6 nitrogen and oxygen atoms in total. The molecule has 8 heteroatoms. The maximum atomic E-state index is 12.2. The van der Waals surface area contributed by atoms with Gasteiger partial charge in [-0.15, -0.1) is 0 Å². The molecule has 1 aliphatic rings. The Morgan fingerprint density at radius 1 is 1.19 bits per heavy atom. The number of amides is 1.